The third-order valence-electron chi connectivity index (χ3n) is 4.98. The highest BCUT2D eigenvalue weighted by Crippen LogP contribution is 2.31. The Kier molecular flexibility index (Phi) is 6.93. The van der Waals surface area contributed by atoms with E-state index in [1.807, 2.05) is 13.8 Å². The third-order valence-corrected chi connectivity index (χ3v) is 4.98. The van der Waals surface area contributed by atoms with Gasteiger partial charge >= 0.3 is 0 Å². The van der Waals surface area contributed by atoms with E-state index in [1.165, 1.54) is 31.1 Å². The average Bonchev–Trinajstić information content (AvgIpc) is 2.70. The van der Waals surface area contributed by atoms with Gasteiger partial charge in [0.2, 0.25) is 0 Å². The van der Waals surface area contributed by atoms with E-state index in [4.69, 9.17) is 0 Å². The highest BCUT2D eigenvalue weighted by atomic mass is 16.3. The monoisotopic (exact) mass is 419 g/mol. The van der Waals surface area contributed by atoms with Gasteiger partial charge in [0.15, 0.2) is 5.75 Å². The van der Waals surface area contributed by atoms with Crippen molar-refractivity contribution in [3.63, 3.8) is 0 Å². The lowest BCUT2D eigenvalue weighted by Crippen LogP contribution is -2.41. The van der Waals surface area contributed by atoms with Crippen LogP contribution < -0.4 is 21.8 Å². The second kappa shape index (κ2) is 9.04. The first kappa shape index (κ1) is 23.0. The van der Waals surface area contributed by atoms with Gasteiger partial charge in [-0.2, -0.15) is 0 Å². The van der Waals surface area contributed by atoms with Gasteiger partial charge in [0, 0.05) is 28.2 Å². The lowest BCUT2D eigenvalue weighted by molar-refractivity contribution is 0.0824. The van der Waals surface area contributed by atoms with Crippen molar-refractivity contribution in [1.82, 2.24) is 14.3 Å². The number of hydrogen-bond donors (Lipinski definition) is 4. The summed E-state index contributed by atoms with van der Waals surface area (Å²) in [7, 11) is 6.01. The number of aromatic hydroxyl groups is 1. The van der Waals surface area contributed by atoms with Crippen molar-refractivity contribution < 1.29 is 15.0 Å². The van der Waals surface area contributed by atoms with Crippen molar-refractivity contribution in [2.24, 2.45) is 20.0 Å². The zero-order valence-electron chi connectivity index (χ0n) is 18.1. The van der Waals surface area contributed by atoms with E-state index in [-0.39, 0.29) is 40.9 Å². The van der Waals surface area contributed by atoms with Crippen LogP contribution in [-0.2, 0) is 14.1 Å². The van der Waals surface area contributed by atoms with E-state index in [1.54, 1.807) is 20.2 Å². The molecule has 1 aromatic carbocycles. The molecule has 1 aromatic heterocycles. The third kappa shape index (κ3) is 4.33. The quantitative estimate of drug-likeness (QED) is 0.485. The van der Waals surface area contributed by atoms with Crippen LogP contribution in [0.5, 0.6) is 5.75 Å². The molecule has 0 fully saturated rings. The Bertz CT molecular complexity index is 1050. The number of aromatic nitrogens is 2. The molecular formula is C20H29N5O5. The molecule has 0 saturated heterocycles. The second-order valence-corrected chi connectivity index (χ2v) is 7.61. The summed E-state index contributed by atoms with van der Waals surface area (Å²) < 4.78 is 2.28. The first-order chi connectivity index (χ1) is 14.0. The Hall–Kier alpha value is -3.27. The summed E-state index contributed by atoms with van der Waals surface area (Å²) in [6.07, 6.45) is 0. The number of nitrogens with one attached hydrogen (secondary N) is 2. The number of nitrogens with zero attached hydrogens (tertiary/aromatic N) is 3. The molecular weight excluding hydrogens is 390 g/mol. The standard InChI is InChI=1S/C20H29N5O5/c1-11(2)14(10-26)22-16-15(19(29)24(5)25(6)20(16)30)21-13-9-7-8-12(17(13)27)18(28)23(3)4/h7-9,11,14,21-22,26-27H,10H2,1-6H3. The fourth-order valence-electron chi connectivity index (χ4n) is 2.86. The molecule has 10 nitrogen and oxygen atoms in total. The predicted molar refractivity (Wildman–Crippen MR) is 116 cm³/mol. The van der Waals surface area contributed by atoms with Crippen LogP contribution in [0.4, 0.5) is 17.1 Å². The number of amides is 1. The minimum absolute atomic E-state index is 0.0222. The van der Waals surface area contributed by atoms with Crippen molar-refractivity contribution >= 4 is 23.0 Å². The van der Waals surface area contributed by atoms with E-state index < -0.39 is 23.1 Å². The molecule has 2 aromatic rings. The van der Waals surface area contributed by atoms with Crippen LogP contribution in [0.25, 0.3) is 0 Å². The van der Waals surface area contributed by atoms with Crippen LogP contribution in [0.3, 0.4) is 0 Å². The normalized spacial score (nSPS) is 12.0. The summed E-state index contributed by atoms with van der Waals surface area (Å²) in [5.41, 5.74) is -0.985. The SMILES string of the molecule is CC(C)C(CO)Nc1c(Nc2cccc(C(=O)N(C)C)c2O)c(=O)n(C)n(C)c1=O. The molecule has 1 amide bonds. The number of aliphatic hydroxyl groups excluding tert-OH is 1. The highest BCUT2D eigenvalue weighted by molar-refractivity contribution is 5.98. The van der Waals surface area contributed by atoms with Gasteiger partial charge in [-0.05, 0) is 18.1 Å². The van der Waals surface area contributed by atoms with E-state index in [0.717, 1.165) is 9.36 Å². The number of carbonyl (C=O) groups excluding carboxylic acids is 1. The Morgan fingerprint density at radius 2 is 1.67 bits per heavy atom. The molecule has 2 rings (SSSR count). The fraction of sp³-hybridized carbons (Fsp3) is 0.450. The van der Waals surface area contributed by atoms with Gasteiger partial charge in [-0.25, -0.2) is 9.36 Å². The van der Waals surface area contributed by atoms with E-state index in [9.17, 15) is 24.6 Å². The largest absolute Gasteiger partial charge is 0.505 e. The number of phenols is 1. The summed E-state index contributed by atoms with van der Waals surface area (Å²) in [5, 5.41) is 26.0. The molecule has 0 saturated carbocycles. The number of aliphatic hydroxyl groups is 1. The van der Waals surface area contributed by atoms with Gasteiger partial charge in [-0.15, -0.1) is 0 Å². The maximum atomic E-state index is 12.9. The number of anilines is 3. The van der Waals surface area contributed by atoms with Gasteiger partial charge in [0.05, 0.1) is 23.9 Å². The van der Waals surface area contributed by atoms with Crippen LogP contribution >= 0.6 is 0 Å². The van der Waals surface area contributed by atoms with Crippen LogP contribution in [0.15, 0.2) is 27.8 Å². The van der Waals surface area contributed by atoms with Gasteiger partial charge in [-0.3, -0.25) is 14.4 Å². The lowest BCUT2D eigenvalue weighted by atomic mass is 10.1. The first-order valence-corrected chi connectivity index (χ1v) is 9.49. The molecule has 1 unspecified atom stereocenters. The van der Waals surface area contributed by atoms with Crippen molar-refractivity contribution in [2.75, 3.05) is 31.3 Å². The summed E-state index contributed by atoms with van der Waals surface area (Å²) in [6.45, 7) is 3.50. The van der Waals surface area contributed by atoms with Crippen molar-refractivity contribution in [3.8, 4) is 5.75 Å². The molecule has 0 radical (unpaired) electrons. The maximum absolute atomic E-state index is 12.9. The van der Waals surface area contributed by atoms with E-state index in [0.29, 0.717) is 0 Å². The molecule has 4 N–H and O–H groups in total. The number of hydrogen-bond acceptors (Lipinski definition) is 7. The molecule has 164 valence electrons. The van der Waals surface area contributed by atoms with Gasteiger partial charge in [0.1, 0.15) is 11.4 Å². The van der Waals surface area contributed by atoms with Gasteiger partial charge in [-0.1, -0.05) is 19.9 Å². The molecule has 0 bridgehead atoms. The number of rotatable bonds is 7. The molecule has 30 heavy (non-hydrogen) atoms. The van der Waals surface area contributed by atoms with Crippen LogP contribution in [-0.4, -0.2) is 57.1 Å². The van der Waals surface area contributed by atoms with E-state index in [2.05, 4.69) is 10.6 Å². The minimum atomic E-state index is -0.524. The smallest absolute Gasteiger partial charge is 0.290 e. The Morgan fingerprint density at radius 1 is 1.10 bits per heavy atom. The molecule has 0 aliphatic rings. The lowest BCUT2D eigenvalue weighted by Gasteiger charge is -2.24. The van der Waals surface area contributed by atoms with Crippen molar-refractivity contribution in [3.05, 3.63) is 44.5 Å². The zero-order valence-corrected chi connectivity index (χ0v) is 18.1. The van der Waals surface area contributed by atoms with Crippen LogP contribution in [0.1, 0.15) is 24.2 Å². The zero-order chi connectivity index (χ0) is 22.7. The Balaban J connectivity index is 2.65. The summed E-state index contributed by atoms with van der Waals surface area (Å²) in [5.74, 6) is -0.773. The summed E-state index contributed by atoms with van der Waals surface area (Å²) in [6, 6.07) is 4.04. The molecule has 0 spiro atoms. The summed E-state index contributed by atoms with van der Waals surface area (Å²) >= 11 is 0. The average molecular weight is 419 g/mol. The van der Waals surface area contributed by atoms with Gasteiger partial charge in [0.25, 0.3) is 17.0 Å². The fourth-order valence-corrected chi connectivity index (χ4v) is 2.86. The Morgan fingerprint density at radius 3 is 2.17 bits per heavy atom. The molecule has 0 aliphatic carbocycles. The number of para-hydroxylation sites is 1. The van der Waals surface area contributed by atoms with Crippen molar-refractivity contribution in [1.29, 1.82) is 0 Å². The predicted octanol–water partition coefficient (Wildman–Crippen LogP) is 0.664. The molecule has 10 heteroatoms. The molecule has 1 atom stereocenters. The van der Waals surface area contributed by atoms with Crippen molar-refractivity contribution in [2.45, 2.75) is 19.9 Å². The van der Waals surface area contributed by atoms with E-state index >= 15 is 0 Å². The first-order valence-electron chi connectivity index (χ1n) is 9.49. The second-order valence-electron chi connectivity index (χ2n) is 7.61. The maximum Gasteiger partial charge on any atom is 0.290 e. The van der Waals surface area contributed by atoms with Gasteiger partial charge < -0.3 is 25.7 Å². The Labute approximate surface area is 174 Å². The highest BCUT2D eigenvalue weighted by Gasteiger charge is 2.23. The molecule has 1 heterocycles. The summed E-state index contributed by atoms with van der Waals surface area (Å²) in [4.78, 5) is 39.4. The number of phenolic OH excluding ortho intramolecular Hbond substituents is 1. The number of benzene rings is 1. The molecule has 0 aliphatic heterocycles. The minimum Gasteiger partial charge on any atom is -0.505 e. The van der Waals surface area contributed by atoms with Crippen LogP contribution in [0.2, 0.25) is 0 Å². The number of carbonyl (C=O) groups is 1. The topological polar surface area (TPSA) is 129 Å². The van der Waals surface area contributed by atoms with Crippen LogP contribution in [0, 0.1) is 5.92 Å².